The van der Waals surface area contributed by atoms with Gasteiger partial charge in [0.1, 0.15) is 5.82 Å². The van der Waals surface area contributed by atoms with E-state index in [0.29, 0.717) is 41.9 Å². The van der Waals surface area contributed by atoms with Gasteiger partial charge in [0.05, 0.1) is 15.7 Å². The Morgan fingerprint density at radius 3 is 2.44 bits per heavy atom. The summed E-state index contributed by atoms with van der Waals surface area (Å²) in [5.74, 6) is -0.382. The number of hydrogen-bond acceptors (Lipinski definition) is 3. The van der Waals surface area contributed by atoms with Crippen LogP contribution in [0.3, 0.4) is 0 Å². The minimum atomic E-state index is -0.382. The van der Waals surface area contributed by atoms with Crippen molar-refractivity contribution in [3.63, 3.8) is 0 Å². The predicted molar refractivity (Wildman–Crippen MR) is 98.2 cm³/mol. The van der Waals surface area contributed by atoms with E-state index in [2.05, 4.69) is 10.3 Å². The number of carbonyl (C=O) groups excluding carboxylic acids is 1. The Labute approximate surface area is 155 Å². The SMILES string of the molecule is Cc1ccc(F)cc1NC(=O)N1CCN(c2c(Cl)cncc2Cl)CC1. The van der Waals surface area contributed by atoms with Crippen LogP contribution in [0.5, 0.6) is 0 Å². The molecule has 0 atom stereocenters. The number of urea groups is 1. The molecule has 8 heteroatoms. The Morgan fingerprint density at radius 1 is 1.16 bits per heavy atom. The van der Waals surface area contributed by atoms with Gasteiger partial charge in [-0.2, -0.15) is 0 Å². The molecule has 3 rings (SSSR count). The number of anilines is 2. The van der Waals surface area contributed by atoms with Crippen LogP contribution >= 0.6 is 23.2 Å². The molecule has 0 unspecified atom stereocenters. The van der Waals surface area contributed by atoms with Crippen molar-refractivity contribution in [1.29, 1.82) is 0 Å². The molecule has 0 saturated carbocycles. The summed E-state index contributed by atoms with van der Waals surface area (Å²) in [6.07, 6.45) is 3.10. The standard InChI is InChI=1S/C17H17Cl2FN4O/c1-11-2-3-12(20)8-15(11)22-17(25)24-6-4-23(5-7-24)16-13(18)9-21-10-14(16)19/h2-3,8-10H,4-7H2,1H3,(H,22,25). The molecule has 2 aromatic rings. The van der Waals surface area contributed by atoms with Gasteiger partial charge in [0.2, 0.25) is 0 Å². The average Bonchev–Trinajstić information content (AvgIpc) is 2.58. The molecule has 1 N–H and O–H groups in total. The zero-order valence-corrected chi connectivity index (χ0v) is 15.1. The van der Waals surface area contributed by atoms with Gasteiger partial charge in [-0.3, -0.25) is 4.98 Å². The van der Waals surface area contributed by atoms with Crippen LogP contribution in [0.15, 0.2) is 30.6 Å². The summed E-state index contributed by atoms with van der Waals surface area (Å²) in [7, 11) is 0. The molecule has 5 nitrogen and oxygen atoms in total. The second-order valence-electron chi connectivity index (χ2n) is 5.82. The number of nitrogens with one attached hydrogen (secondary N) is 1. The molecular formula is C17H17Cl2FN4O. The monoisotopic (exact) mass is 382 g/mol. The van der Waals surface area contributed by atoms with Crippen molar-refractivity contribution in [2.75, 3.05) is 36.4 Å². The lowest BCUT2D eigenvalue weighted by molar-refractivity contribution is 0.208. The molecule has 2 heterocycles. The van der Waals surface area contributed by atoms with Crippen LogP contribution in [-0.4, -0.2) is 42.1 Å². The van der Waals surface area contributed by atoms with Gasteiger partial charge in [-0.1, -0.05) is 29.3 Å². The average molecular weight is 383 g/mol. The molecule has 0 radical (unpaired) electrons. The lowest BCUT2D eigenvalue weighted by Gasteiger charge is -2.36. The minimum absolute atomic E-state index is 0.250. The number of pyridine rings is 1. The van der Waals surface area contributed by atoms with E-state index in [1.165, 1.54) is 12.1 Å². The van der Waals surface area contributed by atoms with Crippen LogP contribution < -0.4 is 10.2 Å². The van der Waals surface area contributed by atoms with E-state index in [1.54, 1.807) is 23.4 Å². The van der Waals surface area contributed by atoms with Crippen molar-refractivity contribution in [1.82, 2.24) is 9.88 Å². The number of halogens is 3. The number of nitrogens with zero attached hydrogens (tertiary/aromatic N) is 3. The largest absolute Gasteiger partial charge is 0.365 e. The summed E-state index contributed by atoms with van der Waals surface area (Å²) in [5.41, 5.74) is 2.02. The quantitative estimate of drug-likeness (QED) is 0.846. The van der Waals surface area contributed by atoms with Gasteiger partial charge < -0.3 is 15.1 Å². The third-order valence-electron chi connectivity index (χ3n) is 4.15. The summed E-state index contributed by atoms with van der Waals surface area (Å²) in [5, 5.41) is 3.74. The maximum Gasteiger partial charge on any atom is 0.321 e. The minimum Gasteiger partial charge on any atom is -0.365 e. The van der Waals surface area contributed by atoms with Gasteiger partial charge in [0.15, 0.2) is 0 Å². The Bertz CT molecular complexity index is 774. The topological polar surface area (TPSA) is 48.5 Å². The van der Waals surface area contributed by atoms with Crippen molar-refractivity contribution in [2.45, 2.75) is 6.92 Å². The third kappa shape index (κ3) is 3.96. The fraction of sp³-hybridized carbons (Fsp3) is 0.294. The molecule has 0 spiro atoms. The fourth-order valence-electron chi connectivity index (χ4n) is 2.76. The number of amides is 2. The first-order valence-electron chi connectivity index (χ1n) is 7.81. The number of piperazine rings is 1. The van der Waals surface area contributed by atoms with E-state index in [9.17, 15) is 9.18 Å². The van der Waals surface area contributed by atoms with Crippen LogP contribution in [0.1, 0.15) is 5.56 Å². The van der Waals surface area contributed by atoms with Gasteiger partial charge >= 0.3 is 6.03 Å². The molecule has 1 aromatic heterocycles. The van der Waals surface area contributed by atoms with Crippen molar-refractivity contribution in [3.05, 3.63) is 52.0 Å². The molecule has 132 valence electrons. The van der Waals surface area contributed by atoms with Crippen molar-refractivity contribution < 1.29 is 9.18 Å². The van der Waals surface area contributed by atoms with Crippen LogP contribution in [0.25, 0.3) is 0 Å². The smallest absolute Gasteiger partial charge is 0.321 e. The summed E-state index contributed by atoms with van der Waals surface area (Å²) < 4.78 is 13.4. The Balaban J connectivity index is 1.64. The molecule has 0 bridgehead atoms. The highest BCUT2D eigenvalue weighted by atomic mass is 35.5. The van der Waals surface area contributed by atoms with Crippen LogP contribution in [0.2, 0.25) is 10.0 Å². The Hall–Kier alpha value is -2.05. The Kier molecular flexibility index (Phi) is 5.30. The van der Waals surface area contributed by atoms with Gasteiger partial charge in [-0.15, -0.1) is 0 Å². The molecule has 1 saturated heterocycles. The van der Waals surface area contributed by atoms with Crippen LogP contribution in [0, 0.1) is 12.7 Å². The fourth-order valence-corrected chi connectivity index (χ4v) is 3.37. The number of carbonyl (C=O) groups is 1. The lowest BCUT2D eigenvalue weighted by atomic mass is 10.2. The third-order valence-corrected chi connectivity index (χ3v) is 4.71. The van der Waals surface area contributed by atoms with Crippen LogP contribution in [-0.2, 0) is 0 Å². The number of aromatic nitrogens is 1. The molecule has 0 aliphatic carbocycles. The van der Waals surface area contributed by atoms with E-state index >= 15 is 0 Å². The molecule has 1 fully saturated rings. The molecule has 1 aliphatic heterocycles. The van der Waals surface area contributed by atoms with Gasteiger partial charge in [-0.25, -0.2) is 9.18 Å². The maximum absolute atomic E-state index is 13.4. The van der Waals surface area contributed by atoms with Crippen molar-refractivity contribution in [3.8, 4) is 0 Å². The second-order valence-corrected chi connectivity index (χ2v) is 6.63. The number of rotatable bonds is 2. The maximum atomic E-state index is 13.4. The summed E-state index contributed by atoms with van der Waals surface area (Å²) in [6, 6.07) is 4.07. The number of aryl methyl sites for hydroxylation is 1. The highest BCUT2D eigenvalue weighted by Crippen LogP contribution is 2.33. The Morgan fingerprint density at radius 2 is 1.80 bits per heavy atom. The first-order chi connectivity index (χ1) is 12.0. The first-order valence-corrected chi connectivity index (χ1v) is 8.57. The van der Waals surface area contributed by atoms with E-state index in [1.807, 2.05) is 11.8 Å². The predicted octanol–water partition coefficient (Wildman–Crippen LogP) is 4.19. The summed E-state index contributed by atoms with van der Waals surface area (Å²) in [6.45, 7) is 4.03. The summed E-state index contributed by atoms with van der Waals surface area (Å²) >= 11 is 12.4. The van der Waals surface area contributed by atoms with Crippen molar-refractivity contribution >= 4 is 40.6 Å². The van der Waals surface area contributed by atoms with Gasteiger partial charge in [0.25, 0.3) is 0 Å². The van der Waals surface area contributed by atoms with E-state index in [4.69, 9.17) is 23.2 Å². The lowest BCUT2D eigenvalue weighted by Crippen LogP contribution is -2.50. The number of hydrogen-bond donors (Lipinski definition) is 1. The van der Waals surface area contributed by atoms with E-state index in [-0.39, 0.29) is 11.8 Å². The zero-order valence-electron chi connectivity index (χ0n) is 13.6. The molecule has 2 amide bonds. The molecule has 1 aromatic carbocycles. The molecule has 25 heavy (non-hydrogen) atoms. The van der Waals surface area contributed by atoms with Gasteiger partial charge in [0, 0.05) is 44.3 Å². The first kappa shape index (κ1) is 17.8. The number of benzene rings is 1. The molecular weight excluding hydrogens is 366 g/mol. The normalized spacial score (nSPS) is 14.6. The highest BCUT2D eigenvalue weighted by Gasteiger charge is 2.24. The summed E-state index contributed by atoms with van der Waals surface area (Å²) in [4.78, 5) is 20.1. The zero-order chi connectivity index (χ0) is 18.0. The van der Waals surface area contributed by atoms with Crippen LogP contribution in [0.4, 0.5) is 20.6 Å². The van der Waals surface area contributed by atoms with E-state index < -0.39 is 0 Å². The highest BCUT2D eigenvalue weighted by molar-refractivity contribution is 6.38. The molecule has 1 aliphatic rings. The second kappa shape index (κ2) is 7.45. The van der Waals surface area contributed by atoms with Crippen molar-refractivity contribution in [2.24, 2.45) is 0 Å². The van der Waals surface area contributed by atoms with Gasteiger partial charge in [-0.05, 0) is 24.6 Å². The van der Waals surface area contributed by atoms with E-state index in [0.717, 1.165) is 11.3 Å².